The normalized spacial score (nSPS) is 13.8. The number of nitrogens with zero attached hydrogens (tertiary/aromatic N) is 2. The Bertz CT molecular complexity index is 1080. The van der Waals surface area contributed by atoms with Gasteiger partial charge < -0.3 is 20.3 Å². The van der Waals surface area contributed by atoms with E-state index in [4.69, 9.17) is 10.5 Å². The van der Waals surface area contributed by atoms with Crippen molar-refractivity contribution in [3.05, 3.63) is 83.7 Å². The van der Waals surface area contributed by atoms with Crippen LogP contribution < -0.4 is 15.4 Å². The first-order valence-electron chi connectivity index (χ1n) is 10.5. The minimum atomic E-state index is -0.223. The van der Waals surface area contributed by atoms with Crippen LogP contribution in [0.2, 0.25) is 0 Å². The predicted molar refractivity (Wildman–Crippen MR) is 128 cm³/mol. The Balaban J connectivity index is 1.35. The zero-order valence-corrected chi connectivity index (χ0v) is 18.8. The van der Waals surface area contributed by atoms with Gasteiger partial charge in [0.25, 0.3) is 5.91 Å². The first kappa shape index (κ1) is 22.0. The summed E-state index contributed by atoms with van der Waals surface area (Å²) in [6.07, 6.45) is 0. The van der Waals surface area contributed by atoms with Crippen molar-refractivity contribution in [3.63, 3.8) is 0 Å². The molecule has 0 saturated carbocycles. The molecule has 3 aromatic carbocycles. The minimum absolute atomic E-state index is 0.0169. The molecule has 3 aromatic rings. The maximum Gasteiger partial charge on any atom is 0.254 e. The third-order valence-corrected chi connectivity index (χ3v) is 6.74. The summed E-state index contributed by atoms with van der Waals surface area (Å²) >= 11 is 1.47. The van der Waals surface area contributed by atoms with Gasteiger partial charge in [-0.05, 0) is 54.1 Å². The Labute approximate surface area is 192 Å². The number of piperazine rings is 1. The molecule has 4 rings (SSSR count). The lowest BCUT2D eigenvalue weighted by Crippen LogP contribution is -2.48. The third kappa shape index (κ3) is 4.99. The fourth-order valence-electron chi connectivity index (χ4n) is 3.73. The number of hydrogen-bond donors (Lipinski definition) is 1. The summed E-state index contributed by atoms with van der Waals surface area (Å²) in [5.74, 6) is 1.07. The summed E-state index contributed by atoms with van der Waals surface area (Å²) in [6.45, 7) is 2.83. The monoisotopic (exact) mass is 451 g/mol. The smallest absolute Gasteiger partial charge is 0.254 e. The van der Waals surface area contributed by atoms with Crippen LogP contribution in [0.1, 0.15) is 15.9 Å². The zero-order chi connectivity index (χ0) is 22.5. The van der Waals surface area contributed by atoms with E-state index >= 15 is 0 Å². The third-order valence-electron chi connectivity index (χ3n) is 5.60. The van der Waals surface area contributed by atoms with Crippen LogP contribution in [-0.2, 0) is 5.75 Å². The van der Waals surface area contributed by atoms with Gasteiger partial charge in [0.05, 0.1) is 7.11 Å². The highest BCUT2D eigenvalue weighted by atomic mass is 32.2. The number of thioether (sulfide) groups is 1. The van der Waals surface area contributed by atoms with Crippen LogP contribution in [0.15, 0.2) is 71.6 Å². The number of benzene rings is 3. The molecule has 166 valence electrons. The Morgan fingerprint density at radius 1 is 1.03 bits per heavy atom. The molecule has 1 fully saturated rings. The average Bonchev–Trinajstić information content (AvgIpc) is 2.84. The molecular formula is C25H26FN3O2S. The fraction of sp³-hybridized carbons (Fsp3) is 0.240. The number of nitrogen functional groups attached to an aromatic ring is 1. The molecule has 2 N–H and O–H groups in total. The van der Waals surface area contributed by atoms with Crippen molar-refractivity contribution in [2.45, 2.75) is 10.6 Å². The lowest BCUT2D eigenvalue weighted by Gasteiger charge is -2.36. The summed E-state index contributed by atoms with van der Waals surface area (Å²) in [7, 11) is 1.65. The quantitative estimate of drug-likeness (QED) is 0.436. The van der Waals surface area contributed by atoms with E-state index in [0.717, 1.165) is 29.4 Å². The average molecular weight is 452 g/mol. The van der Waals surface area contributed by atoms with Gasteiger partial charge in [-0.1, -0.05) is 18.2 Å². The number of nitrogens with two attached hydrogens (primary N) is 1. The van der Waals surface area contributed by atoms with Gasteiger partial charge in [-0.2, -0.15) is 0 Å². The molecule has 1 aliphatic rings. The molecule has 0 radical (unpaired) electrons. The van der Waals surface area contributed by atoms with E-state index in [2.05, 4.69) is 4.90 Å². The number of amides is 1. The summed E-state index contributed by atoms with van der Waals surface area (Å²) in [5, 5.41) is 0. The van der Waals surface area contributed by atoms with Crippen LogP contribution >= 0.6 is 11.8 Å². The van der Waals surface area contributed by atoms with Gasteiger partial charge in [-0.15, -0.1) is 11.8 Å². The number of halogens is 1. The van der Waals surface area contributed by atoms with E-state index in [0.29, 0.717) is 35.7 Å². The highest BCUT2D eigenvalue weighted by molar-refractivity contribution is 7.98. The molecule has 1 saturated heterocycles. The van der Waals surface area contributed by atoms with Crippen molar-refractivity contribution in [3.8, 4) is 5.75 Å². The van der Waals surface area contributed by atoms with Gasteiger partial charge in [0.15, 0.2) is 0 Å². The lowest BCUT2D eigenvalue weighted by molar-refractivity contribution is 0.0747. The van der Waals surface area contributed by atoms with Gasteiger partial charge in [0.2, 0.25) is 0 Å². The van der Waals surface area contributed by atoms with E-state index in [1.165, 1.54) is 17.8 Å². The van der Waals surface area contributed by atoms with E-state index in [-0.39, 0.29) is 11.7 Å². The van der Waals surface area contributed by atoms with E-state index in [1.54, 1.807) is 31.4 Å². The largest absolute Gasteiger partial charge is 0.497 e. The molecule has 0 aliphatic carbocycles. The number of hydrogen-bond acceptors (Lipinski definition) is 5. The molecule has 0 unspecified atom stereocenters. The topological polar surface area (TPSA) is 58.8 Å². The van der Waals surface area contributed by atoms with Gasteiger partial charge >= 0.3 is 0 Å². The van der Waals surface area contributed by atoms with Gasteiger partial charge in [-0.25, -0.2) is 4.39 Å². The van der Waals surface area contributed by atoms with Crippen LogP contribution in [0.4, 0.5) is 15.8 Å². The van der Waals surface area contributed by atoms with E-state index < -0.39 is 0 Å². The number of methoxy groups -OCH3 is 1. The number of carbonyl (C=O) groups is 1. The Hall–Kier alpha value is -3.19. The molecule has 1 amide bonds. The molecular weight excluding hydrogens is 425 g/mol. The highest BCUT2D eigenvalue weighted by Crippen LogP contribution is 2.30. The Morgan fingerprint density at radius 3 is 2.41 bits per heavy atom. The molecule has 5 nitrogen and oxygen atoms in total. The van der Waals surface area contributed by atoms with Gasteiger partial charge in [-0.3, -0.25) is 4.79 Å². The van der Waals surface area contributed by atoms with Crippen molar-refractivity contribution >= 4 is 29.0 Å². The number of anilines is 2. The van der Waals surface area contributed by atoms with Gasteiger partial charge in [0.1, 0.15) is 11.6 Å². The van der Waals surface area contributed by atoms with Crippen LogP contribution in [0.25, 0.3) is 0 Å². The number of carbonyl (C=O) groups excluding carboxylic acids is 1. The zero-order valence-electron chi connectivity index (χ0n) is 18.0. The van der Waals surface area contributed by atoms with Crippen molar-refractivity contribution in [1.82, 2.24) is 4.90 Å². The SMILES string of the molecule is COc1ccc(N2CCN(C(=O)c3ccc(SCc4ccccc4F)c(N)c3)CC2)cc1. The summed E-state index contributed by atoms with van der Waals surface area (Å²) < 4.78 is 19.1. The number of rotatable bonds is 6. The molecule has 0 atom stereocenters. The highest BCUT2D eigenvalue weighted by Gasteiger charge is 2.23. The van der Waals surface area contributed by atoms with Crippen molar-refractivity contribution in [1.29, 1.82) is 0 Å². The molecule has 0 bridgehead atoms. The second-order valence-electron chi connectivity index (χ2n) is 7.61. The second kappa shape index (κ2) is 9.96. The molecule has 0 aromatic heterocycles. The van der Waals surface area contributed by atoms with Gasteiger partial charge in [0, 0.05) is 53.8 Å². The fourth-order valence-corrected chi connectivity index (χ4v) is 4.66. The maximum atomic E-state index is 13.8. The maximum absolute atomic E-state index is 13.8. The molecule has 1 heterocycles. The first-order valence-corrected chi connectivity index (χ1v) is 11.5. The van der Waals surface area contributed by atoms with E-state index in [1.807, 2.05) is 41.3 Å². The first-order chi connectivity index (χ1) is 15.5. The summed E-state index contributed by atoms with van der Waals surface area (Å²) in [5.41, 5.74) is 9.08. The molecule has 32 heavy (non-hydrogen) atoms. The van der Waals surface area contributed by atoms with Crippen molar-refractivity contribution in [2.24, 2.45) is 0 Å². The summed E-state index contributed by atoms with van der Waals surface area (Å²) in [6, 6.07) is 20.1. The van der Waals surface area contributed by atoms with Crippen molar-refractivity contribution in [2.75, 3.05) is 43.9 Å². The van der Waals surface area contributed by atoms with E-state index in [9.17, 15) is 9.18 Å². The van der Waals surface area contributed by atoms with Crippen LogP contribution in [0.3, 0.4) is 0 Å². The minimum Gasteiger partial charge on any atom is -0.497 e. The Morgan fingerprint density at radius 2 is 1.75 bits per heavy atom. The Kier molecular flexibility index (Phi) is 6.85. The number of ether oxygens (including phenoxy) is 1. The molecule has 7 heteroatoms. The standard InChI is InChI=1S/C25H26FN3O2S/c1-31-21-9-7-20(8-10-21)28-12-14-29(15-13-28)25(30)18-6-11-24(23(27)16-18)32-17-19-4-2-3-5-22(19)26/h2-11,16H,12-15,17,27H2,1H3. The molecule has 0 spiro atoms. The van der Waals surface area contributed by atoms with Crippen LogP contribution in [-0.4, -0.2) is 44.1 Å². The van der Waals surface area contributed by atoms with Crippen LogP contribution in [0, 0.1) is 5.82 Å². The predicted octanol–water partition coefficient (Wildman–Crippen LogP) is 4.67. The van der Waals surface area contributed by atoms with Crippen molar-refractivity contribution < 1.29 is 13.9 Å². The summed E-state index contributed by atoms with van der Waals surface area (Å²) in [4.78, 5) is 18.0. The second-order valence-corrected chi connectivity index (χ2v) is 8.63. The lowest BCUT2D eigenvalue weighted by atomic mass is 10.1. The molecule has 1 aliphatic heterocycles. The van der Waals surface area contributed by atoms with Crippen LogP contribution in [0.5, 0.6) is 5.75 Å².